The standard InChI is InChI=1S/C21H26F3NO3/c1-19(2,28-16-5-3-4-15(8-16)21(22,23)24)18(26)25-17-13-6-12-7-14(17)11-20(27,9-12)10-13/h3-5,8,12-14,17,27H,6-7,9-11H2,1-2H3,(H,25,26)/t12?,13-,14+,17?,20?. The van der Waals surface area contributed by atoms with E-state index in [1.165, 1.54) is 12.1 Å². The van der Waals surface area contributed by atoms with Crippen molar-refractivity contribution in [3.05, 3.63) is 29.8 Å². The van der Waals surface area contributed by atoms with E-state index in [2.05, 4.69) is 5.32 Å². The predicted octanol–water partition coefficient (Wildman–Crippen LogP) is 3.92. The molecule has 4 nitrogen and oxygen atoms in total. The van der Waals surface area contributed by atoms with Crippen LogP contribution in [-0.2, 0) is 11.0 Å². The Morgan fingerprint density at radius 3 is 2.39 bits per heavy atom. The first kappa shape index (κ1) is 19.6. The lowest BCUT2D eigenvalue weighted by molar-refractivity contribution is -0.152. The highest BCUT2D eigenvalue weighted by atomic mass is 19.4. The molecular formula is C21H26F3NO3. The monoisotopic (exact) mass is 397 g/mol. The zero-order chi connectivity index (χ0) is 20.3. The third-order valence-electron chi connectivity index (χ3n) is 6.62. The molecule has 3 unspecified atom stereocenters. The molecule has 0 aromatic heterocycles. The molecule has 7 heteroatoms. The van der Waals surface area contributed by atoms with Gasteiger partial charge in [-0.3, -0.25) is 4.79 Å². The molecule has 0 heterocycles. The number of hydrogen-bond donors (Lipinski definition) is 2. The van der Waals surface area contributed by atoms with Crippen molar-refractivity contribution < 1.29 is 27.8 Å². The molecule has 4 bridgehead atoms. The fourth-order valence-corrected chi connectivity index (χ4v) is 5.62. The smallest absolute Gasteiger partial charge is 0.416 e. The molecule has 1 amide bonds. The SMILES string of the molecule is CC(C)(Oc1cccc(C(F)(F)F)c1)C(=O)NC1[C@@H]2CC3C[C@H]1CC(O)(C3)C2. The van der Waals surface area contributed by atoms with Crippen molar-refractivity contribution in [1.82, 2.24) is 5.32 Å². The van der Waals surface area contributed by atoms with E-state index in [0.29, 0.717) is 18.8 Å². The second-order valence-corrected chi connectivity index (χ2v) is 9.33. The topological polar surface area (TPSA) is 58.6 Å². The zero-order valence-electron chi connectivity index (χ0n) is 16.1. The van der Waals surface area contributed by atoms with E-state index in [-0.39, 0.29) is 29.5 Å². The first-order valence-electron chi connectivity index (χ1n) is 9.85. The van der Waals surface area contributed by atoms with Crippen LogP contribution in [-0.4, -0.2) is 28.3 Å². The highest BCUT2D eigenvalue weighted by Gasteiger charge is 2.55. The van der Waals surface area contributed by atoms with E-state index in [4.69, 9.17) is 4.74 Å². The van der Waals surface area contributed by atoms with E-state index >= 15 is 0 Å². The minimum atomic E-state index is -4.47. The van der Waals surface area contributed by atoms with Crippen LogP contribution in [0.3, 0.4) is 0 Å². The Hall–Kier alpha value is -1.76. The lowest BCUT2D eigenvalue weighted by atomic mass is 9.52. The Labute approximate surface area is 162 Å². The minimum absolute atomic E-state index is 0.00582. The van der Waals surface area contributed by atoms with Crippen LogP contribution in [0.2, 0.25) is 0 Å². The highest BCUT2D eigenvalue weighted by molar-refractivity contribution is 5.85. The van der Waals surface area contributed by atoms with Gasteiger partial charge in [-0.15, -0.1) is 0 Å². The molecule has 4 aliphatic carbocycles. The first-order chi connectivity index (χ1) is 13.0. The average Bonchev–Trinajstić information content (AvgIpc) is 2.55. The summed E-state index contributed by atoms with van der Waals surface area (Å²) in [7, 11) is 0. The number of halogens is 3. The fraction of sp³-hybridized carbons (Fsp3) is 0.667. The van der Waals surface area contributed by atoms with Crippen LogP contribution in [0.1, 0.15) is 51.5 Å². The van der Waals surface area contributed by atoms with Gasteiger partial charge in [0.05, 0.1) is 11.2 Å². The first-order valence-corrected chi connectivity index (χ1v) is 9.85. The Kier molecular flexibility index (Phi) is 4.45. The number of rotatable bonds is 4. The summed E-state index contributed by atoms with van der Waals surface area (Å²) < 4.78 is 44.4. The summed E-state index contributed by atoms with van der Waals surface area (Å²) >= 11 is 0. The number of hydrogen-bond acceptors (Lipinski definition) is 3. The Morgan fingerprint density at radius 1 is 1.18 bits per heavy atom. The van der Waals surface area contributed by atoms with E-state index in [1.807, 2.05) is 0 Å². The van der Waals surface area contributed by atoms with Crippen molar-refractivity contribution >= 4 is 5.91 Å². The number of carbonyl (C=O) groups excluding carboxylic acids is 1. The van der Waals surface area contributed by atoms with Crippen molar-refractivity contribution in [2.45, 2.75) is 69.4 Å². The van der Waals surface area contributed by atoms with Gasteiger partial charge in [0.2, 0.25) is 0 Å². The number of nitrogens with one attached hydrogen (secondary N) is 1. The van der Waals surface area contributed by atoms with Crippen LogP contribution in [0.4, 0.5) is 13.2 Å². The van der Waals surface area contributed by atoms with Crippen molar-refractivity contribution in [2.24, 2.45) is 17.8 Å². The maximum atomic E-state index is 12.9. The number of carbonyl (C=O) groups is 1. The predicted molar refractivity (Wildman–Crippen MR) is 96.6 cm³/mol. The molecule has 0 radical (unpaired) electrons. The summed E-state index contributed by atoms with van der Waals surface area (Å²) in [6, 6.07) is 4.56. The van der Waals surface area contributed by atoms with Crippen LogP contribution in [0, 0.1) is 17.8 Å². The average molecular weight is 397 g/mol. The van der Waals surface area contributed by atoms with Gasteiger partial charge in [-0.2, -0.15) is 13.2 Å². The summed E-state index contributed by atoms with van der Waals surface area (Å²) in [5.74, 6) is 0.711. The van der Waals surface area contributed by atoms with E-state index < -0.39 is 22.9 Å². The second kappa shape index (κ2) is 6.37. The molecule has 0 spiro atoms. The largest absolute Gasteiger partial charge is 0.478 e. The number of amides is 1. The van der Waals surface area contributed by atoms with Crippen molar-refractivity contribution in [1.29, 1.82) is 0 Å². The summed E-state index contributed by atoms with van der Waals surface area (Å²) in [5.41, 5.74) is -2.70. The van der Waals surface area contributed by atoms with Gasteiger partial charge in [-0.25, -0.2) is 0 Å². The molecule has 28 heavy (non-hydrogen) atoms. The van der Waals surface area contributed by atoms with E-state index in [1.54, 1.807) is 13.8 Å². The van der Waals surface area contributed by atoms with Gasteiger partial charge in [0.1, 0.15) is 5.75 Å². The van der Waals surface area contributed by atoms with Gasteiger partial charge in [0.15, 0.2) is 5.60 Å². The molecule has 1 aromatic rings. The van der Waals surface area contributed by atoms with Crippen LogP contribution >= 0.6 is 0 Å². The molecule has 0 aliphatic heterocycles. The number of aliphatic hydroxyl groups is 1. The number of alkyl halides is 3. The zero-order valence-corrected chi connectivity index (χ0v) is 16.1. The Morgan fingerprint density at radius 2 is 1.82 bits per heavy atom. The van der Waals surface area contributed by atoms with Crippen molar-refractivity contribution in [2.75, 3.05) is 0 Å². The molecular weight excluding hydrogens is 371 g/mol. The van der Waals surface area contributed by atoms with Crippen LogP contribution in [0.5, 0.6) is 5.75 Å². The van der Waals surface area contributed by atoms with Gasteiger partial charge < -0.3 is 15.2 Å². The third-order valence-corrected chi connectivity index (χ3v) is 6.62. The fourth-order valence-electron chi connectivity index (χ4n) is 5.62. The number of benzene rings is 1. The van der Waals surface area contributed by atoms with Gasteiger partial charge in [0.25, 0.3) is 5.91 Å². The molecule has 4 aliphatic rings. The van der Waals surface area contributed by atoms with Crippen molar-refractivity contribution in [3.63, 3.8) is 0 Å². The van der Waals surface area contributed by atoms with Gasteiger partial charge in [-0.1, -0.05) is 6.07 Å². The molecule has 2 N–H and O–H groups in total. The van der Waals surface area contributed by atoms with Gasteiger partial charge >= 0.3 is 6.18 Å². The Balaban J connectivity index is 1.45. The van der Waals surface area contributed by atoms with E-state index in [0.717, 1.165) is 31.4 Å². The molecule has 5 rings (SSSR count). The van der Waals surface area contributed by atoms with Crippen LogP contribution in [0.25, 0.3) is 0 Å². The van der Waals surface area contributed by atoms with Gasteiger partial charge in [-0.05, 0) is 81.9 Å². The summed E-state index contributed by atoms with van der Waals surface area (Å²) in [6.07, 6.45) is -0.158. The van der Waals surface area contributed by atoms with Gasteiger partial charge in [0, 0.05) is 6.04 Å². The lowest BCUT2D eigenvalue weighted by Crippen LogP contribution is -2.63. The molecule has 1 aromatic carbocycles. The summed E-state index contributed by atoms with van der Waals surface area (Å²) in [6.45, 7) is 3.12. The molecule has 154 valence electrons. The Bertz CT molecular complexity index is 760. The molecule has 0 saturated heterocycles. The highest BCUT2D eigenvalue weighted by Crippen LogP contribution is 2.55. The summed E-state index contributed by atoms with van der Waals surface area (Å²) in [5, 5.41) is 13.8. The summed E-state index contributed by atoms with van der Waals surface area (Å²) in [4.78, 5) is 12.9. The minimum Gasteiger partial charge on any atom is -0.478 e. The normalized spacial score (nSPS) is 34.4. The second-order valence-electron chi connectivity index (χ2n) is 9.33. The quantitative estimate of drug-likeness (QED) is 0.810. The molecule has 5 atom stereocenters. The third kappa shape index (κ3) is 3.61. The van der Waals surface area contributed by atoms with Crippen LogP contribution in [0.15, 0.2) is 24.3 Å². The molecule has 4 saturated carbocycles. The van der Waals surface area contributed by atoms with Crippen molar-refractivity contribution in [3.8, 4) is 5.75 Å². The number of ether oxygens (including phenoxy) is 1. The lowest BCUT2D eigenvalue weighted by Gasteiger charge is -2.58. The van der Waals surface area contributed by atoms with Crippen LogP contribution < -0.4 is 10.1 Å². The maximum Gasteiger partial charge on any atom is 0.416 e. The van der Waals surface area contributed by atoms with E-state index in [9.17, 15) is 23.1 Å². The molecule has 4 fully saturated rings. The maximum absolute atomic E-state index is 12.9.